The van der Waals surface area contributed by atoms with Crippen LogP contribution in [0.2, 0.25) is 0 Å². The van der Waals surface area contributed by atoms with E-state index in [1.165, 1.54) is 5.56 Å². The molecular formula is C20H26N4O. The Bertz CT molecular complexity index is 647. The highest BCUT2D eigenvalue weighted by Crippen LogP contribution is 2.10. The second kappa shape index (κ2) is 9.18. The van der Waals surface area contributed by atoms with Gasteiger partial charge in [-0.25, -0.2) is 4.79 Å². The Balaban J connectivity index is 1.41. The lowest BCUT2D eigenvalue weighted by Gasteiger charge is -2.22. The summed E-state index contributed by atoms with van der Waals surface area (Å²) in [5.41, 5.74) is 2.19. The molecule has 0 bridgehead atoms. The van der Waals surface area contributed by atoms with Gasteiger partial charge in [0.1, 0.15) is 0 Å². The number of aromatic nitrogens is 1. The van der Waals surface area contributed by atoms with Crippen LogP contribution in [0, 0.1) is 0 Å². The van der Waals surface area contributed by atoms with Crippen LogP contribution in [0.15, 0.2) is 54.9 Å². The van der Waals surface area contributed by atoms with E-state index in [0.717, 1.165) is 57.7 Å². The standard InChI is InChI=1S/C20H26N4O/c25-20(22-19-9-11-21-12-10-19)24-15-5-14-23(16-17-24)13-4-8-18-6-2-1-3-7-18/h1-3,6-7,9-12H,4-5,8,13-17H2,(H,21,22,25). The molecule has 5 nitrogen and oxygen atoms in total. The molecule has 1 saturated heterocycles. The van der Waals surface area contributed by atoms with Crippen molar-refractivity contribution in [2.75, 3.05) is 38.0 Å². The molecule has 2 amide bonds. The smallest absolute Gasteiger partial charge is 0.321 e. The minimum absolute atomic E-state index is 0.0164. The van der Waals surface area contributed by atoms with E-state index < -0.39 is 0 Å². The van der Waals surface area contributed by atoms with Crippen LogP contribution in [0.5, 0.6) is 0 Å². The maximum absolute atomic E-state index is 12.4. The lowest BCUT2D eigenvalue weighted by molar-refractivity contribution is 0.211. The van der Waals surface area contributed by atoms with E-state index in [-0.39, 0.29) is 6.03 Å². The van der Waals surface area contributed by atoms with E-state index in [1.807, 2.05) is 17.0 Å². The summed E-state index contributed by atoms with van der Waals surface area (Å²) in [6.45, 7) is 4.69. The molecule has 5 heteroatoms. The summed E-state index contributed by atoms with van der Waals surface area (Å²) in [5, 5.41) is 2.95. The van der Waals surface area contributed by atoms with Crippen molar-refractivity contribution in [3.05, 3.63) is 60.4 Å². The molecule has 0 unspecified atom stereocenters. The Kier molecular flexibility index (Phi) is 6.40. The van der Waals surface area contributed by atoms with Gasteiger partial charge < -0.3 is 15.1 Å². The van der Waals surface area contributed by atoms with Crippen molar-refractivity contribution in [1.82, 2.24) is 14.8 Å². The lowest BCUT2D eigenvalue weighted by atomic mass is 10.1. The van der Waals surface area contributed by atoms with Crippen LogP contribution in [0.1, 0.15) is 18.4 Å². The Labute approximate surface area is 149 Å². The second-order valence-corrected chi connectivity index (χ2v) is 6.44. The van der Waals surface area contributed by atoms with E-state index in [9.17, 15) is 4.79 Å². The van der Waals surface area contributed by atoms with E-state index in [4.69, 9.17) is 0 Å². The second-order valence-electron chi connectivity index (χ2n) is 6.44. The van der Waals surface area contributed by atoms with Gasteiger partial charge in [0.25, 0.3) is 0 Å². The van der Waals surface area contributed by atoms with Crippen molar-refractivity contribution < 1.29 is 4.79 Å². The van der Waals surface area contributed by atoms with Crippen molar-refractivity contribution in [1.29, 1.82) is 0 Å². The molecule has 132 valence electrons. The molecule has 0 aliphatic carbocycles. The number of aryl methyl sites for hydroxylation is 1. The third-order valence-electron chi connectivity index (χ3n) is 4.59. The lowest BCUT2D eigenvalue weighted by Crippen LogP contribution is -2.38. The molecule has 0 radical (unpaired) electrons. The zero-order valence-corrected chi connectivity index (χ0v) is 14.6. The molecule has 2 aromatic rings. The number of hydrogen-bond acceptors (Lipinski definition) is 3. The minimum atomic E-state index is -0.0164. The highest BCUT2D eigenvalue weighted by Gasteiger charge is 2.18. The number of benzene rings is 1. The van der Waals surface area contributed by atoms with Crippen molar-refractivity contribution in [2.45, 2.75) is 19.3 Å². The molecule has 1 fully saturated rings. The number of anilines is 1. The quantitative estimate of drug-likeness (QED) is 0.910. The predicted octanol–water partition coefficient (Wildman–Crippen LogP) is 3.25. The first-order valence-corrected chi connectivity index (χ1v) is 9.03. The van der Waals surface area contributed by atoms with Crippen LogP contribution in [0.4, 0.5) is 10.5 Å². The largest absolute Gasteiger partial charge is 0.323 e. The number of amides is 2. The van der Waals surface area contributed by atoms with Crippen LogP contribution in [-0.2, 0) is 6.42 Å². The SMILES string of the molecule is O=C(Nc1ccncc1)N1CCCN(CCCc2ccccc2)CC1. The van der Waals surface area contributed by atoms with E-state index in [1.54, 1.807) is 12.4 Å². The Morgan fingerprint density at radius 1 is 1.00 bits per heavy atom. The highest BCUT2D eigenvalue weighted by molar-refractivity contribution is 5.89. The maximum atomic E-state index is 12.4. The van der Waals surface area contributed by atoms with Crippen LogP contribution in [0.3, 0.4) is 0 Å². The molecule has 0 spiro atoms. The van der Waals surface area contributed by atoms with Crippen LogP contribution in [-0.4, -0.2) is 53.5 Å². The summed E-state index contributed by atoms with van der Waals surface area (Å²) in [5.74, 6) is 0. The summed E-state index contributed by atoms with van der Waals surface area (Å²) in [6, 6.07) is 14.2. The third-order valence-corrected chi connectivity index (χ3v) is 4.59. The summed E-state index contributed by atoms with van der Waals surface area (Å²) in [7, 11) is 0. The summed E-state index contributed by atoms with van der Waals surface area (Å²) in [4.78, 5) is 20.8. The number of hydrogen-bond donors (Lipinski definition) is 1. The van der Waals surface area contributed by atoms with Crippen molar-refractivity contribution in [3.63, 3.8) is 0 Å². The molecule has 1 aromatic heterocycles. The van der Waals surface area contributed by atoms with Gasteiger partial charge in [0.05, 0.1) is 0 Å². The summed E-state index contributed by atoms with van der Waals surface area (Å²) >= 11 is 0. The third kappa shape index (κ3) is 5.57. The number of nitrogens with zero attached hydrogens (tertiary/aromatic N) is 3. The van der Waals surface area contributed by atoms with Gasteiger partial charge in [-0.3, -0.25) is 4.98 Å². The minimum Gasteiger partial charge on any atom is -0.323 e. The summed E-state index contributed by atoms with van der Waals surface area (Å²) in [6.07, 6.45) is 6.67. The Morgan fingerprint density at radius 3 is 2.60 bits per heavy atom. The zero-order chi connectivity index (χ0) is 17.3. The number of pyridine rings is 1. The topological polar surface area (TPSA) is 48.5 Å². The van der Waals surface area contributed by atoms with Gasteiger partial charge >= 0.3 is 6.03 Å². The van der Waals surface area contributed by atoms with Gasteiger partial charge in [-0.15, -0.1) is 0 Å². The fourth-order valence-corrected chi connectivity index (χ4v) is 3.19. The van der Waals surface area contributed by atoms with Crippen LogP contribution >= 0.6 is 0 Å². The van der Waals surface area contributed by atoms with Crippen LogP contribution < -0.4 is 5.32 Å². The average molecular weight is 338 g/mol. The Morgan fingerprint density at radius 2 is 1.80 bits per heavy atom. The molecule has 1 aromatic carbocycles. The van der Waals surface area contributed by atoms with Crippen molar-refractivity contribution >= 4 is 11.7 Å². The first-order chi connectivity index (χ1) is 12.3. The van der Waals surface area contributed by atoms with Crippen molar-refractivity contribution in [3.8, 4) is 0 Å². The Hall–Kier alpha value is -2.40. The summed E-state index contributed by atoms with van der Waals surface area (Å²) < 4.78 is 0. The monoisotopic (exact) mass is 338 g/mol. The number of urea groups is 1. The molecule has 1 aliphatic heterocycles. The van der Waals surface area contributed by atoms with E-state index in [2.05, 4.69) is 45.5 Å². The molecule has 0 atom stereocenters. The fraction of sp³-hybridized carbons (Fsp3) is 0.400. The fourth-order valence-electron chi connectivity index (χ4n) is 3.19. The van der Waals surface area contributed by atoms with Crippen LogP contribution in [0.25, 0.3) is 0 Å². The molecule has 1 N–H and O–H groups in total. The molecule has 25 heavy (non-hydrogen) atoms. The van der Waals surface area contributed by atoms with Gasteiger partial charge in [0.15, 0.2) is 0 Å². The molecule has 2 heterocycles. The molecule has 0 saturated carbocycles. The number of rotatable bonds is 5. The average Bonchev–Trinajstić information content (AvgIpc) is 2.89. The van der Waals surface area contributed by atoms with Crippen molar-refractivity contribution in [2.24, 2.45) is 0 Å². The number of carbonyl (C=O) groups excluding carboxylic acids is 1. The zero-order valence-electron chi connectivity index (χ0n) is 14.6. The maximum Gasteiger partial charge on any atom is 0.321 e. The molecule has 1 aliphatic rings. The first-order valence-electron chi connectivity index (χ1n) is 9.03. The van der Waals surface area contributed by atoms with Gasteiger partial charge in [-0.2, -0.15) is 0 Å². The van der Waals surface area contributed by atoms with Gasteiger partial charge in [-0.05, 0) is 50.0 Å². The highest BCUT2D eigenvalue weighted by atomic mass is 16.2. The molecule has 3 rings (SSSR count). The normalized spacial score (nSPS) is 15.6. The van der Waals surface area contributed by atoms with Gasteiger partial charge in [-0.1, -0.05) is 30.3 Å². The van der Waals surface area contributed by atoms with E-state index >= 15 is 0 Å². The first kappa shape index (κ1) is 17.4. The molecular weight excluding hydrogens is 312 g/mol. The predicted molar refractivity (Wildman–Crippen MR) is 101 cm³/mol. The van der Waals surface area contributed by atoms with Gasteiger partial charge in [0.2, 0.25) is 0 Å². The van der Waals surface area contributed by atoms with E-state index in [0.29, 0.717) is 0 Å². The van der Waals surface area contributed by atoms with Gasteiger partial charge in [0, 0.05) is 37.7 Å². The number of nitrogens with one attached hydrogen (secondary N) is 1. The number of carbonyl (C=O) groups is 1.